The molecule has 0 amide bonds. The van der Waals surface area contributed by atoms with Gasteiger partial charge in [-0.3, -0.25) is 4.79 Å². The molecule has 3 aromatic rings. The van der Waals surface area contributed by atoms with Crippen molar-refractivity contribution < 1.29 is 23.1 Å². The molecule has 0 radical (unpaired) electrons. The van der Waals surface area contributed by atoms with Crippen LogP contribution in [0.5, 0.6) is 17.2 Å². The number of rotatable bonds is 6. The normalized spacial score (nSPS) is 12.1. The van der Waals surface area contributed by atoms with Gasteiger partial charge in [0.05, 0.1) is 14.2 Å². The van der Waals surface area contributed by atoms with Crippen LogP contribution in [0.2, 0.25) is 18.1 Å². The fourth-order valence-electron chi connectivity index (χ4n) is 2.84. The molecule has 1 heterocycles. The molecule has 0 unspecified atom stereocenters. The molecule has 0 N–H and O–H groups in total. The summed E-state index contributed by atoms with van der Waals surface area (Å²) in [5.41, 5.74) is 2.00. The molecule has 3 rings (SSSR count). The SMILES string of the molecule is COc1cc(-c2cc3cc(C=O)cc(OC)c3o2)ccc1O[Si](C)(C)C(C)(C)C. The lowest BCUT2D eigenvalue weighted by atomic mass is 10.1. The van der Waals surface area contributed by atoms with Gasteiger partial charge in [-0.25, -0.2) is 0 Å². The first kappa shape index (κ1) is 21.0. The number of carbonyl (C=O) groups is 1. The zero-order valence-corrected chi connectivity index (χ0v) is 19.1. The van der Waals surface area contributed by atoms with Gasteiger partial charge in [0.15, 0.2) is 17.1 Å². The minimum atomic E-state index is -1.99. The molecule has 0 saturated heterocycles. The lowest BCUT2D eigenvalue weighted by molar-refractivity contribution is 0.112. The highest BCUT2D eigenvalue weighted by Crippen LogP contribution is 2.42. The van der Waals surface area contributed by atoms with E-state index in [2.05, 4.69) is 33.9 Å². The zero-order valence-electron chi connectivity index (χ0n) is 18.1. The lowest BCUT2D eigenvalue weighted by Gasteiger charge is -2.36. The summed E-state index contributed by atoms with van der Waals surface area (Å²) in [4.78, 5) is 11.2. The molecule has 1 aromatic heterocycles. The van der Waals surface area contributed by atoms with Crippen LogP contribution in [0.3, 0.4) is 0 Å². The molecular weight excluding hydrogens is 384 g/mol. The zero-order chi connectivity index (χ0) is 21.4. The van der Waals surface area contributed by atoms with Gasteiger partial charge in [-0.05, 0) is 54.5 Å². The van der Waals surface area contributed by atoms with Crippen molar-refractivity contribution in [3.8, 4) is 28.6 Å². The van der Waals surface area contributed by atoms with Gasteiger partial charge in [0, 0.05) is 16.5 Å². The second kappa shape index (κ2) is 7.59. The third-order valence-corrected chi connectivity index (χ3v) is 9.92. The fraction of sp³-hybridized carbons (Fsp3) is 0.348. The van der Waals surface area contributed by atoms with Crippen LogP contribution >= 0.6 is 0 Å². The molecule has 29 heavy (non-hydrogen) atoms. The Balaban J connectivity index is 2.03. The Kier molecular flexibility index (Phi) is 5.50. The molecule has 0 aliphatic rings. The van der Waals surface area contributed by atoms with E-state index in [1.807, 2.05) is 24.3 Å². The van der Waals surface area contributed by atoms with Gasteiger partial charge >= 0.3 is 0 Å². The summed E-state index contributed by atoms with van der Waals surface area (Å²) in [6, 6.07) is 11.1. The van der Waals surface area contributed by atoms with E-state index in [4.69, 9.17) is 18.3 Å². The van der Waals surface area contributed by atoms with Crippen LogP contribution in [-0.4, -0.2) is 28.8 Å². The van der Waals surface area contributed by atoms with Crippen LogP contribution in [0, 0.1) is 0 Å². The highest BCUT2D eigenvalue weighted by atomic mass is 28.4. The van der Waals surface area contributed by atoms with E-state index in [-0.39, 0.29) is 5.04 Å². The highest BCUT2D eigenvalue weighted by Gasteiger charge is 2.39. The van der Waals surface area contributed by atoms with Crippen molar-refractivity contribution in [2.45, 2.75) is 38.9 Å². The van der Waals surface area contributed by atoms with E-state index in [1.54, 1.807) is 26.4 Å². The minimum Gasteiger partial charge on any atom is -0.541 e. The quantitative estimate of drug-likeness (QED) is 0.350. The lowest BCUT2D eigenvalue weighted by Crippen LogP contribution is -2.43. The molecular formula is C23H28O5Si. The first-order valence-electron chi connectivity index (χ1n) is 9.54. The number of carbonyl (C=O) groups excluding carboxylic acids is 1. The van der Waals surface area contributed by atoms with Crippen molar-refractivity contribution >= 4 is 25.6 Å². The van der Waals surface area contributed by atoms with Crippen molar-refractivity contribution in [3.63, 3.8) is 0 Å². The largest absolute Gasteiger partial charge is 0.541 e. The average molecular weight is 413 g/mol. The molecule has 0 atom stereocenters. The van der Waals surface area contributed by atoms with E-state index in [0.29, 0.717) is 28.4 Å². The molecule has 0 saturated carbocycles. The first-order valence-corrected chi connectivity index (χ1v) is 12.4. The molecule has 5 nitrogen and oxygen atoms in total. The Hall–Kier alpha value is -2.73. The molecule has 0 bridgehead atoms. The molecule has 6 heteroatoms. The summed E-state index contributed by atoms with van der Waals surface area (Å²) < 4.78 is 23.5. The summed E-state index contributed by atoms with van der Waals surface area (Å²) in [7, 11) is 1.20. The Morgan fingerprint density at radius 3 is 2.21 bits per heavy atom. The fourth-order valence-corrected chi connectivity index (χ4v) is 3.86. The first-order chi connectivity index (χ1) is 13.6. The van der Waals surface area contributed by atoms with E-state index in [9.17, 15) is 4.79 Å². The van der Waals surface area contributed by atoms with Crippen LogP contribution in [0.4, 0.5) is 0 Å². The van der Waals surface area contributed by atoms with Crippen LogP contribution < -0.4 is 13.9 Å². The van der Waals surface area contributed by atoms with E-state index in [1.165, 1.54) is 0 Å². The number of fused-ring (bicyclic) bond motifs is 1. The molecule has 0 fully saturated rings. The maximum absolute atomic E-state index is 11.2. The summed E-state index contributed by atoms with van der Waals surface area (Å²) in [5.74, 6) is 2.59. The Morgan fingerprint density at radius 2 is 1.62 bits per heavy atom. The van der Waals surface area contributed by atoms with Gasteiger partial charge in [0.2, 0.25) is 0 Å². The maximum Gasteiger partial charge on any atom is 0.250 e. The van der Waals surface area contributed by atoms with Crippen LogP contribution in [0.25, 0.3) is 22.3 Å². The topological polar surface area (TPSA) is 57.9 Å². The highest BCUT2D eigenvalue weighted by molar-refractivity contribution is 6.74. The Morgan fingerprint density at radius 1 is 0.931 bits per heavy atom. The number of aldehydes is 1. The van der Waals surface area contributed by atoms with Crippen LogP contribution in [0.15, 0.2) is 40.8 Å². The summed E-state index contributed by atoms with van der Waals surface area (Å²) in [5, 5.41) is 0.893. The minimum absolute atomic E-state index is 0.0856. The predicted molar refractivity (Wildman–Crippen MR) is 118 cm³/mol. The summed E-state index contributed by atoms with van der Waals surface area (Å²) in [6.07, 6.45) is 0.796. The number of hydrogen-bond acceptors (Lipinski definition) is 5. The van der Waals surface area contributed by atoms with Crippen molar-refractivity contribution in [2.75, 3.05) is 14.2 Å². The number of furan rings is 1. The number of methoxy groups -OCH3 is 2. The van der Waals surface area contributed by atoms with E-state index < -0.39 is 8.32 Å². The van der Waals surface area contributed by atoms with Crippen molar-refractivity contribution in [1.29, 1.82) is 0 Å². The van der Waals surface area contributed by atoms with Crippen molar-refractivity contribution in [2.24, 2.45) is 0 Å². The Labute approximate surface area is 172 Å². The third-order valence-electron chi connectivity index (χ3n) is 5.58. The monoisotopic (exact) mass is 412 g/mol. The summed E-state index contributed by atoms with van der Waals surface area (Å²) >= 11 is 0. The molecule has 0 spiro atoms. The van der Waals surface area contributed by atoms with Gasteiger partial charge in [-0.15, -0.1) is 0 Å². The summed E-state index contributed by atoms with van der Waals surface area (Å²) in [6.45, 7) is 11.0. The van der Waals surface area contributed by atoms with Gasteiger partial charge in [-0.2, -0.15) is 0 Å². The number of hydrogen-bond donors (Lipinski definition) is 0. The third kappa shape index (κ3) is 4.03. The average Bonchev–Trinajstić information content (AvgIpc) is 3.10. The molecule has 0 aliphatic heterocycles. The molecule has 154 valence electrons. The van der Waals surface area contributed by atoms with E-state index in [0.717, 1.165) is 23.0 Å². The number of ether oxygens (including phenoxy) is 2. The van der Waals surface area contributed by atoms with Gasteiger partial charge in [-0.1, -0.05) is 20.8 Å². The van der Waals surface area contributed by atoms with Crippen LogP contribution in [-0.2, 0) is 0 Å². The van der Waals surface area contributed by atoms with Crippen LogP contribution in [0.1, 0.15) is 31.1 Å². The van der Waals surface area contributed by atoms with Gasteiger partial charge in [0.25, 0.3) is 8.32 Å². The smallest absolute Gasteiger partial charge is 0.250 e. The predicted octanol–water partition coefficient (Wildman–Crippen LogP) is 6.31. The van der Waals surface area contributed by atoms with Crippen molar-refractivity contribution in [1.82, 2.24) is 0 Å². The second-order valence-corrected chi connectivity index (χ2v) is 13.3. The van der Waals surface area contributed by atoms with Gasteiger partial charge in [0.1, 0.15) is 17.8 Å². The second-order valence-electron chi connectivity index (χ2n) is 8.60. The maximum atomic E-state index is 11.2. The molecule has 2 aromatic carbocycles. The van der Waals surface area contributed by atoms with E-state index >= 15 is 0 Å². The Bertz CT molecular complexity index is 1040. The molecule has 0 aliphatic carbocycles. The van der Waals surface area contributed by atoms with Gasteiger partial charge < -0.3 is 18.3 Å². The number of benzene rings is 2. The standard InChI is InChI=1S/C23H28O5Si/c1-23(2,3)29(6,7)28-18-9-8-16(12-20(18)25-4)19-13-17-10-15(14-24)11-21(26-5)22(17)27-19/h8-14H,1-7H3. The van der Waals surface area contributed by atoms with Crippen molar-refractivity contribution in [3.05, 3.63) is 42.0 Å².